The number of likely N-dealkylation sites (tertiary alicyclic amines) is 3. The molecule has 24 heavy (non-hydrogen) atoms. The minimum atomic E-state index is -4.10. The SMILES string of the molecule is CCCN1CC(C(N2CCC3(CC2)CN(C(C)C)C3)C(F)(F)F)C1. The van der Waals surface area contributed by atoms with Crippen LogP contribution in [-0.4, -0.2) is 78.8 Å². The summed E-state index contributed by atoms with van der Waals surface area (Å²) in [7, 11) is 0. The van der Waals surface area contributed by atoms with Gasteiger partial charge in [0.1, 0.15) is 6.04 Å². The largest absolute Gasteiger partial charge is 0.404 e. The minimum Gasteiger partial charge on any atom is -0.303 e. The van der Waals surface area contributed by atoms with Gasteiger partial charge in [0.15, 0.2) is 0 Å². The van der Waals surface area contributed by atoms with Gasteiger partial charge in [-0.25, -0.2) is 0 Å². The standard InChI is InChI=1S/C18H32F3N3/c1-4-7-22-10-15(11-22)16(18(19,20)21)23-8-5-17(6-9-23)12-24(13-17)14(2)3/h14-16H,4-13H2,1-3H3. The zero-order valence-corrected chi connectivity index (χ0v) is 15.3. The average molecular weight is 347 g/mol. The molecule has 3 saturated heterocycles. The highest BCUT2D eigenvalue weighted by atomic mass is 19.4. The van der Waals surface area contributed by atoms with Gasteiger partial charge in [0.2, 0.25) is 0 Å². The predicted molar refractivity (Wildman–Crippen MR) is 90.0 cm³/mol. The number of hydrogen-bond acceptors (Lipinski definition) is 3. The van der Waals surface area contributed by atoms with Gasteiger partial charge < -0.3 is 4.90 Å². The molecule has 0 amide bonds. The average Bonchev–Trinajstić information content (AvgIpc) is 2.41. The van der Waals surface area contributed by atoms with Gasteiger partial charge >= 0.3 is 6.18 Å². The van der Waals surface area contributed by atoms with Crippen molar-refractivity contribution in [2.75, 3.05) is 45.8 Å². The number of nitrogens with zero attached hydrogens (tertiary/aromatic N) is 3. The van der Waals surface area contributed by atoms with Crippen LogP contribution in [-0.2, 0) is 0 Å². The van der Waals surface area contributed by atoms with Crippen molar-refractivity contribution in [1.29, 1.82) is 0 Å². The molecule has 1 unspecified atom stereocenters. The Labute approximate surface area is 144 Å². The molecule has 0 aromatic rings. The topological polar surface area (TPSA) is 9.72 Å². The van der Waals surface area contributed by atoms with E-state index >= 15 is 0 Å². The smallest absolute Gasteiger partial charge is 0.303 e. The first-order valence-corrected chi connectivity index (χ1v) is 9.51. The monoisotopic (exact) mass is 347 g/mol. The molecule has 0 bridgehead atoms. The predicted octanol–water partition coefficient (Wildman–Crippen LogP) is 3.07. The molecule has 3 heterocycles. The molecule has 0 aromatic carbocycles. The summed E-state index contributed by atoms with van der Waals surface area (Å²) in [6.07, 6.45) is -1.23. The molecule has 1 atom stereocenters. The molecule has 3 aliphatic rings. The lowest BCUT2D eigenvalue weighted by atomic mass is 9.71. The molecule has 3 fully saturated rings. The van der Waals surface area contributed by atoms with E-state index in [4.69, 9.17) is 0 Å². The van der Waals surface area contributed by atoms with Gasteiger partial charge in [0, 0.05) is 38.1 Å². The maximum Gasteiger partial charge on any atom is 0.404 e. The molecule has 3 nitrogen and oxygen atoms in total. The maximum absolute atomic E-state index is 13.7. The third-order valence-corrected chi connectivity index (χ3v) is 6.37. The highest BCUT2D eigenvalue weighted by Crippen LogP contribution is 2.44. The second kappa shape index (κ2) is 6.76. The Bertz CT molecular complexity index is 416. The zero-order valence-electron chi connectivity index (χ0n) is 15.3. The van der Waals surface area contributed by atoms with E-state index in [0.29, 0.717) is 37.6 Å². The van der Waals surface area contributed by atoms with Crippen LogP contribution in [0.4, 0.5) is 13.2 Å². The Balaban J connectivity index is 1.55. The van der Waals surface area contributed by atoms with E-state index in [1.54, 1.807) is 4.90 Å². The van der Waals surface area contributed by atoms with E-state index in [2.05, 4.69) is 30.6 Å². The minimum absolute atomic E-state index is 0.237. The summed E-state index contributed by atoms with van der Waals surface area (Å²) in [4.78, 5) is 6.34. The molecular weight excluding hydrogens is 315 g/mol. The van der Waals surface area contributed by atoms with Gasteiger partial charge in [0.05, 0.1) is 0 Å². The van der Waals surface area contributed by atoms with E-state index in [1.807, 2.05) is 0 Å². The third-order valence-electron chi connectivity index (χ3n) is 6.37. The Morgan fingerprint density at radius 1 is 1.04 bits per heavy atom. The Morgan fingerprint density at radius 3 is 2.08 bits per heavy atom. The highest BCUT2D eigenvalue weighted by molar-refractivity contribution is 5.02. The molecule has 0 saturated carbocycles. The van der Waals surface area contributed by atoms with Gasteiger partial charge in [-0.15, -0.1) is 0 Å². The van der Waals surface area contributed by atoms with E-state index in [1.165, 1.54) is 0 Å². The van der Waals surface area contributed by atoms with Crippen LogP contribution in [0.5, 0.6) is 0 Å². The molecular formula is C18H32F3N3. The summed E-state index contributed by atoms with van der Waals surface area (Å²) in [5.74, 6) is -0.237. The molecule has 0 aromatic heterocycles. The van der Waals surface area contributed by atoms with Crippen molar-refractivity contribution >= 4 is 0 Å². The van der Waals surface area contributed by atoms with Crippen molar-refractivity contribution in [3.63, 3.8) is 0 Å². The quantitative estimate of drug-likeness (QED) is 0.757. The summed E-state index contributed by atoms with van der Waals surface area (Å²) in [5, 5.41) is 0. The van der Waals surface area contributed by atoms with Crippen LogP contribution in [0.25, 0.3) is 0 Å². The molecule has 3 rings (SSSR count). The number of alkyl halides is 3. The van der Waals surface area contributed by atoms with Crippen LogP contribution in [0.1, 0.15) is 40.0 Å². The van der Waals surface area contributed by atoms with Crippen LogP contribution in [0.15, 0.2) is 0 Å². The van der Waals surface area contributed by atoms with Crippen molar-refractivity contribution in [1.82, 2.24) is 14.7 Å². The van der Waals surface area contributed by atoms with Crippen LogP contribution < -0.4 is 0 Å². The van der Waals surface area contributed by atoms with Crippen molar-refractivity contribution in [2.24, 2.45) is 11.3 Å². The molecule has 1 spiro atoms. The van der Waals surface area contributed by atoms with Crippen molar-refractivity contribution in [3.8, 4) is 0 Å². The van der Waals surface area contributed by atoms with E-state index in [9.17, 15) is 13.2 Å². The molecule has 0 N–H and O–H groups in total. The Hall–Kier alpha value is -0.330. The fourth-order valence-electron chi connectivity index (χ4n) is 4.85. The second-order valence-corrected chi connectivity index (χ2v) is 8.54. The van der Waals surface area contributed by atoms with Crippen LogP contribution in [0.2, 0.25) is 0 Å². The van der Waals surface area contributed by atoms with Crippen molar-refractivity contribution < 1.29 is 13.2 Å². The fraction of sp³-hybridized carbons (Fsp3) is 1.00. The van der Waals surface area contributed by atoms with Crippen LogP contribution in [0.3, 0.4) is 0 Å². The van der Waals surface area contributed by atoms with Gasteiger partial charge in [-0.2, -0.15) is 13.2 Å². The molecule has 0 aliphatic carbocycles. The zero-order chi connectivity index (χ0) is 17.5. The first kappa shape index (κ1) is 18.5. The van der Waals surface area contributed by atoms with Crippen molar-refractivity contribution in [2.45, 2.75) is 58.3 Å². The summed E-state index contributed by atoms with van der Waals surface area (Å²) < 4.78 is 41.0. The lowest BCUT2D eigenvalue weighted by Crippen LogP contribution is -2.66. The number of hydrogen-bond donors (Lipinski definition) is 0. The number of halogens is 3. The number of piperidine rings is 1. The normalized spacial score (nSPS) is 28.1. The van der Waals surface area contributed by atoms with Gasteiger partial charge in [-0.05, 0) is 58.2 Å². The summed E-state index contributed by atoms with van der Waals surface area (Å²) in [6, 6.07) is -0.680. The first-order valence-electron chi connectivity index (χ1n) is 9.51. The summed E-state index contributed by atoms with van der Waals surface area (Å²) in [5.41, 5.74) is 0.296. The van der Waals surface area contributed by atoms with Gasteiger partial charge in [0.25, 0.3) is 0 Å². The van der Waals surface area contributed by atoms with Gasteiger partial charge in [-0.3, -0.25) is 9.80 Å². The van der Waals surface area contributed by atoms with E-state index in [-0.39, 0.29) is 5.92 Å². The van der Waals surface area contributed by atoms with Crippen LogP contribution in [0, 0.1) is 11.3 Å². The fourth-order valence-corrected chi connectivity index (χ4v) is 4.85. The number of rotatable bonds is 5. The summed E-state index contributed by atoms with van der Waals surface area (Å²) >= 11 is 0. The lowest BCUT2D eigenvalue weighted by molar-refractivity contribution is -0.219. The van der Waals surface area contributed by atoms with Crippen LogP contribution >= 0.6 is 0 Å². The molecule has 0 radical (unpaired) electrons. The summed E-state index contributed by atoms with van der Waals surface area (Å²) in [6.45, 7) is 12.0. The molecule has 140 valence electrons. The van der Waals surface area contributed by atoms with Crippen molar-refractivity contribution in [3.05, 3.63) is 0 Å². The molecule has 3 aliphatic heterocycles. The Kier molecular flexibility index (Phi) is 5.20. The lowest BCUT2D eigenvalue weighted by Gasteiger charge is -2.57. The van der Waals surface area contributed by atoms with E-state index in [0.717, 1.165) is 38.9 Å². The van der Waals surface area contributed by atoms with E-state index < -0.39 is 12.2 Å². The second-order valence-electron chi connectivity index (χ2n) is 8.54. The first-order chi connectivity index (χ1) is 11.2. The highest BCUT2D eigenvalue weighted by Gasteiger charge is 2.54. The maximum atomic E-state index is 13.7. The Morgan fingerprint density at radius 2 is 1.62 bits per heavy atom. The van der Waals surface area contributed by atoms with Gasteiger partial charge in [-0.1, -0.05) is 6.92 Å². The molecule has 6 heteroatoms. The third kappa shape index (κ3) is 3.61.